The summed E-state index contributed by atoms with van der Waals surface area (Å²) < 4.78 is 0. The second kappa shape index (κ2) is 4.97. The first-order valence-corrected chi connectivity index (χ1v) is 6.98. The molecule has 0 aromatic rings. The van der Waals surface area contributed by atoms with E-state index in [0.29, 0.717) is 11.3 Å². The summed E-state index contributed by atoms with van der Waals surface area (Å²) in [6.07, 6.45) is 4.89. The SMILES string of the molecule is CC(C)(C)CCNC(=O)C1NCC2CCCC21. The predicted molar refractivity (Wildman–Crippen MR) is 69.7 cm³/mol. The van der Waals surface area contributed by atoms with E-state index in [-0.39, 0.29) is 11.9 Å². The van der Waals surface area contributed by atoms with E-state index in [1.807, 2.05) is 0 Å². The van der Waals surface area contributed by atoms with Crippen molar-refractivity contribution in [2.24, 2.45) is 17.3 Å². The molecule has 1 saturated carbocycles. The molecule has 0 aromatic heterocycles. The molecule has 0 radical (unpaired) electrons. The van der Waals surface area contributed by atoms with Gasteiger partial charge in [-0.1, -0.05) is 27.2 Å². The van der Waals surface area contributed by atoms with Crippen molar-refractivity contribution < 1.29 is 4.79 Å². The topological polar surface area (TPSA) is 41.1 Å². The van der Waals surface area contributed by atoms with Crippen molar-refractivity contribution in [2.45, 2.75) is 52.5 Å². The third-order valence-electron chi connectivity index (χ3n) is 4.20. The van der Waals surface area contributed by atoms with Crippen LogP contribution in [0.1, 0.15) is 46.5 Å². The number of nitrogens with one attached hydrogen (secondary N) is 2. The summed E-state index contributed by atoms with van der Waals surface area (Å²) in [4.78, 5) is 12.1. The molecule has 98 valence electrons. The normalized spacial score (nSPS) is 32.5. The van der Waals surface area contributed by atoms with Gasteiger partial charge < -0.3 is 10.6 Å². The van der Waals surface area contributed by atoms with Gasteiger partial charge in [0.15, 0.2) is 0 Å². The van der Waals surface area contributed by atoms with Gasteiger partial charge in [0.1, 0.15) is 0 Å². The minimum Gasteiger partial charge on any atom is -0.355 e. The van der Waals surface area contributed by atoms with Gasteiger partial charge in [-0.05, 0) is 43.1 Å². The highest BCUT2D eigenvalue weighted by molar-refractivity contribution is 5.82. The van der Waals surface area contributed by atoms with Crippen LogP contribution < -0.4 is 10.6 Å². The lowest BCUT2D eigenvalue weighted by Crippen LogP contribution is -2.44. The maximum Gasteiger partial charge on any atom is 0.237 e. The van der Waals surface area contributed by atoms with E-state index in [0.717, 1.165) is 25.4 Å². The smallest absolute Gasteiger partial charge is 0.237 e. The van der Waals surface area contributed by atoms with Crippen LogP contribution in [-0.4, -0.2) is 25.0 Å². The largest absolute Gasteiger partial charge is 0.355 e. The Labute approximate surface area is 105 Å². The molecule has 0 aromatic carbocycles. The van der Waals surface area contributed by atoms with Gasteiger partial charge in [0.05, 0.1) is 6.04 Å². The van der Waals surface area contributed by atoms with E-state index in [9.17, 15) is 4.79 Å². The number of hydrogen-bond donors (Lipinski definition) is 2. The second-order valence-electron chi connectivity index (χ2n) is 6.84. The molecule has 3 unspecified atom stereocenters. The van der Waals surface area contributed by atoms with E-state index in [1.54, 1.807) is 0 Å². The Bertz CT molecular complexity index is 282. The minimum absolute atomic E-state index is 0.0856. The molecule has 0 bridgehead atoms. The summed E-state index contributed by atoms with van der Waals surface area (Å²) in [5.74, 6) is 1.58. The van der Waals surface area contributed by atoms with Crippen molar-refractivity contribution in [3.63, 3.8) is 0 Å². The zero-order valence-electron chi connectivity index (χ0n) is 11.4. The van der Waals surface area contributed by atoms with Gasteiger partial charge in [-0.25, -0.2) is 0 Å². The van der Waals surface area contributed by atoms with Gasteiger partial charge in [-0.15, -0.1) is 0 Å². The molecule has 2 rings (SSSR count). The van der Waals surface area contributed by atoms with E-state index in [1.165, 1.54) is 19.3 Å². The van der Waals surface area contributed by atoms with E-state index >= 15 is 0 Å². The Morgan fingerprint density at radius 1 is 1.35 bits per heavy atom. The van der Waals surface area contributed by atoms with Crippen molar-refractivity contribution in [1.82, 2.24) is 10.6 Å². The number of carbonyl (C=O) groups excluding carboxylic acids is 1. The van der Waals surface area contributed by atoms with Crippen molar-refractivity contribution >= 4 is 5.91 Å². The maximum atomic E-state index is 12.1. The van der Waals surface area contributed by atoms with Crippen LogP contribution in [0.3, 0.4) is 0 Å². The van der Waals surface area contributed by atoms with Crippen molar-refractivity contribution in [3.05, 3.63) is 0 Å². The summed E-state index contributed by atoms with van der Waals surface area (Å²) in [6, 6.07) is 0.0856. The predicted octanol–water partition coefficient (Wildman–Crippen LogP) is 1.93. The molecule has 2 fully saturated rings. The molecule has 2 aliphatic rings. The Kier molecular flexibility index (Phi) is 3.76. The highest BCUT2D eigenvalue weighted by Gasteiger charge is 2.42. The number of carbonyl (C=O) groups is 1. The van der Waals surface area contributed by atoms with Gasteiger partial charge in [-0.3, -0.25) is 4.79 Å². The summed E-state index contributed by atoms with van der Waals surface area (Å²) in [6.45, 7) is 8.47. The fourth-order valence-electron chi connectivity index (χ4n) is 3.15. The van der Waals surface area contributed by atoms with Gasteiger partial charge >= 0.3 is 0 Å². The van der Waals surface area contributed by atoms with Gasteiger partial charge in [0.2, 0.25) is 5.91 Å². The lowest BCUT2D eigenvalue weighted by molar-refractivity contribution is -0.123. The van der Waals surface area contributed by atoms with Crippen molar-refractivity contribution in [1.29, 1.82) is 0 Å². The summed E-state index contributed by atoms with van der Waals surface area (Å²) in [5.41, 5.74) is 0.298. The molecule has 17 heavy (non-hydrogen) atoms. The molecule has 1 aliphatic heterocycles. The van der Waals surface area contributed by atoms with Crippen molar-refractivity contribution in [3.8, 4) is 0 Å². The first kappa shape index (κ1) is 12.9. The van der Waals surface area contributed by atoms with E-state index in [4.69, 9.17) is 0 Å². The maximum absolute atomic E-state index is 12.1. The van der Waals surface area contributed by atoms with Gasteiger partial charge in [0, 0.05) is 6.54 Å². The Morgan fingerprint density at radius 3 is 2.82 bits per heavy atom. The highest BCUT2D eigenvalue weighted by Crippen LogP contribution is 2.37. The third kappa shape index (κ3) is 3.21. The fraction of sp³-hybridized carbons (Fsp3) is 0.929. The molecule has 0 spiro atoms. The third-order valence-corrected chi connectivity index (χ3v) is 4.20. The summed E-state index contributed by atoms with van der Waals surface area (Å²) >= 11 is 0. The second-order valence-corrected chi connectivity index (χ2v) is 6.84. The highest BCUT2D eigenvalue weighted by atomic mass is 16.2. The Hall–Kier alpha value is -0.570. The minimum atomic E-state index is 0.0856. The van der Waals surface area contributed by atoms with Crippen LogP contribution in [0.15, 0.2) is 0 Å². The zero-order chi connectivity index (χ0) is 12.5. The Morgan fingerprint density at radius 2 is 2.12 bits per heavy atom. The molecule has 1 saturated heterocycles. The molecule has 3 heteroatoms. The molecular weight excluding hydrogens is 212 g/mol. The Balaban J connectivity index is 1.77. The van der Waals surface area contributed by atoms with Crippen LogP contribution in [0.2, 0.25) is 0 Å². The quantitative estimate of drug-likeness (QED) is 0.789. The van der Waals surface area contributed by atoms with Crippen LogP contribution in [-0.2, 0) is 4.79 Å². The average molecular weight is 238 g/mol. The molecular formula is C14H26N2O. The fourth-order valence-corrected chi connectivity index (χ4v) is 3.15. The lowest BCUT2D eigenvalue weighted by atomic mass is 9.91. The monoisotopic (exact) mass is 238 g/mol. The average Bonchev–Trinajstić information content (AvgIpc) is 2.74. The standard InChI is InChI=1S/C14H26N2O/c1-14(2,3)7-8-15-13(17)12-11-6-4-5-10(11)9-16-12/h10-12,16H,4-9H2,1-3H3,(H,15,17). The molecule has 1 amide bonds. The van der Waals surface area contributed by atoms with Gasteiger partial charge in [0.25, 0.3) is 0 Å². The van der Waals surface area contributed by atoms with Crippen LogP contribution >= 0.6 is 0 Å². The van der Waals surface area contributed by atoms with Crippen LogP contribution in [0, 0.1) is 17.3 Å². The van der Waals surface area contributed by atoms with Crippen LogP contribution in [0.25, 0.3) is 0 Å². The molecule has 2 N–H and O–H groups in total. The first-order valence-electron chi connectivity index (χ1n) is 6.98. The molecule has 3 atom stereocenters. The molecule has 3 nitrogen and oxygen atoms in total. The van der Waals surface area contributed by atoms with E-state index < -0.39 is 0 Å². The molecule has 1 heterocycles. The first-order chi connectivity index (χ1) is 7.97. The summed E-state index contributed by atoms with van der Waals surface area (Å²) in [5, 5.41) is 6.49. The number of rotatable bonds is 3. The van der Waals surface area contributed by atoms with Crippen LogP contribution in [0.4, 0.5) is 0 Å². The number of amides is 1. The lowest BCUT2D eigenvalue weighted by Gasteiger charge is -2.21. The van der Waals surface area contributed by atoms with Crippen molar-refractivity contribution in [2.75, 3.05) is 13.1 Å². The van der Waals surface area contributed by atoms with E-state index in [2.05, 4.69) is 31.4 Å². The number of fused-ring (bicyclic) bond motifs is 1. The molecule has 1 aliphatic carbocycles. The summed E-state index contributed by atoms with van der Waals surface area (Å²) in [7, 11) is 0. The van der Waals surface area contributed by atoms with Crippen LogP contribution in [0.5, 0.6) is 0 Å². The van der Waals surface area contributed by atoms with Gasteiger partial charge in [-0.2, -0.15) is 0 Å². The zero-order valence-corrected chi connectivity index (χ0v) is 11.4. The number of hydrogen-bond acceptors (Lipinski definition) is 2.